The maximum absolute atomic E-state index is 13.2. The van der Waals surface area contributed by atoms with Gasteiger partial charge in [0.2, 0.25) is 0 Å². The molecule has 0 atom stereocenters. The lowest BCUT2D eigenvalue weighted by Crippen LogP contribution is -2.41. The molecular formula is C21H28N2O2. The molecule has 0 aliphatic carbocycles. The molecular weight excluding hydrogens is 312 g/mol. The Morgan fingerprint density at radius 3 is 2.52 bits per heavy atom. The Hall–Kier alpha value is -2.07. The van der Waals surface area contributed by atoms with Crippen molar-refractivity contribution < 1.29 is 9.53 Å². The smallest absolute Gasteiger partial charge is 0.270 e. The summed E-state index contributed by atoms with van der Waals surface area (Å²) in [5.74, 6) is 0.135. The number of morpholine rings is 1. The Morgan fingerprint density at radius 2 is 1.88 bits per heavy atom. The largest absolute Gasteiger partial charge is 0.378 e. The van der Waals surface area contributed by atoms with Crippen LogP contribution in [0.15, 0.2) is 24.3 Å². The van der Waals surface area contributed by atoms with Gasteiger partial charge in [0, 0.05) is 25.3 Å². The number of carbonyl (C=O) groups is 1. The minimum atomic E-state index is 0.135. The Kier molecular flexibility index (Phi) is 5.28. The summed E-state index contributed by atoms with van der Waals surface area (Å²) >= 11 is 0. The molecule has 4 heteroatoms. The van der Waals surface area contributed by atoms with Gasteiger partial charge in [0.1, 0.15) is 5.69 Å². The van der Waals surface area contributed by atoms with Crippen LogP contribution in [-0.2, 0) is 17.7 Å². The van der Waals surface area contributed by atoms with Crippen molar-refractivity contribution in [3.63, 3.8) is 0 Å². The zero-order valence-corrected chi connectivity index (χ0v) is 15.8. The molecule has 0 saturated carbocycles. The first-order chi connectivity index (χ1) is 12.0. The van der Waals surface area contributed by atoms with Gasteiger partial charge in [-0.1, -0.05) is 36.8 Å². The normalized spacial score (nSPS) is 14.8. The summed E-state index contributed by atoms with van der Waals surface area (Å²) < 4.78 is 7.61. The summed E-state index contributed by atoms with van der Waals surface area (Å²) in [7, 11) is 0. The number of benzene rings is 1. The highest BCUT2D eigenvalue weighted by molar-refractivity contribution is 5.95. The van der Waals surface area contributed by atoms with E-state index in [1.54, 1.807) is 0 Å². The fraction of sp³-hybridized carbons (Fsp3) is 0.476. The van der Waals surface area contributed by atoms with Crippen molar-refractivity contribution in [1.82, 2.24) is 9.47 Å². The minimum absolute atomic E-state index is 0.135. The standard InChI is InChI=1S/C21H28N2O2/c1-5-19-16(3)20(21(24)22-9-11-25-12-10-22)23(17(19)4)14-18-8-6-7-15(2)13-18/h6-8,13H,5,9-12,14H2,1-4H3. The summed E-state index contributed by atoms with van der Waals surface area (Å²) in [6, 6.07) is 8.52. The summed E-state index contributed by atoms with van der Waals surface area (Å²) in [5, 5.41) is 0. The zero-order chi connectivity index (χ0) is 18.0. The van der Waals surface area contributed by atoms with E-state index in [-0.39, 0.29) is 5.91 Å². The first-order valence-electron chi connectivity index (χ1n) is 9.14. The molecule has 2 heterocycles. The van der Waals surface area contributed by atoms with Gasteiger partial charge < -0.3 is 14.2 Å². The van der Waals surface area contributed by atoms with Crippen LogP contribution < -0.4 is 0 Å². The first kappa shape index (κ1) is 17.7. The van der Waals surface area contributed by atoms with Gasteiger partial charge >= 0.3 is 0 Å². The highest BCUT2D eigenvalue weighted by atomic mass is 16.5. The maximum atomic E-state index is 13.2. The number of rotatable bonds is 4. The Morgan fingerprint density at radius 1 is 1.16 bits per heavy atom. The summed E-state index contributed by atoms with van der Waals surface area (Å²) in [6.07, 6.45) is 0.946. The Labute approximate surface area is 150 Å². The highest BCUT2D eigenvalue weighted by Crippen LogP contribution is 2.26. The number of aryl methyl sites for hydroxylation is 1. The minimum Gasteiger partial charge on any atom is -0.378 e. The van der Waals surface area contributed by atoms with Crippen molar-refractivity contribution >= 4 is 5.91 Å². The molecule has 134 valence electrons. The van der Waals surface area contributed by atoms with E-state index in [4.69, 9.17) is 4.74 Å². The molecule has 0 unspecified atom stereocenters. The van der Waals surface area contributed by atoms with E-state index in [0.29, 0.717) is 26.3 Å². The number of carbonyl (C=O) groups excluding carboxylic acids is 1. The average Bonchev–Trinajstić information content (AvgIpc) is 2.85. The second-order valence-electron chi connectivity index (χ2n) is 6.87. The topological polar surface area (TPSA) is 34.5 Å². The van der Waals surface area contributed by atoms with Gasteiger partial charge in [0.15, 0.2) is 0 Å². The van der Waals surface area contributed by atoms with Crippen molar-refractivity contribution in [2.24, 2.45) is 0 Å². The molecule has 1 aliphatic rings. The molecule has 1 saturated heterocycles. The van der Waals surface area contributed by atoms with E-state index in [1.807, 2.05) is 4.90 Å². The van der Waals surface area contributed by atoms with E-state index in [1.165, 1.54) is 22.4 Å². The van der Waals surface area contributed by atoms with Crippen molar-refractivity contribution in [2.75, 3.05) is 26.3 Å². The predicted octanol–water partition coefficient (Wildman–Crippen LogP) is 3.50. The van der Waals surface area contributed by atoms with Crippen molar-refractivity contribution in [1.29, 1.82) is 0 Å². The number of amides is 1. The molecule has 0 bridgehead atoms. The van der Waals surface area contributed by atoms with Gasteiger partial charge in [-0.3, -0.25) is 4.79 Å². The molecule has 1 fully saturated rings. The van der Waals surface area contributed by atoms with Crippen LogP contribution in [0.25, 0.3) is 0 Å². The van der Waals surface area contributed by atoms with Gasteiger partial charge in [0.25, 0.3) is 5.91 Å². The van der Waals surface area contributed by atoms with Crippen molar-refractivity contribution in [3.8, 4) is 0 Å². The quantitative estimate of drug-likeness (QED) is 0.854. The monoisotopic (exact) mass is 340 g/mol. The Balaban J connectivity index is 2.02. The predicted molar refractivity (Wildman–Crippen MR) is 100 cm³/mol. The third kappa shape index (κ3) is 3.49. The van der Waals surface area contributed by atoms with Crippen molar-refractivity contribution in [2.45, 2.75) is 40.7 Å². The highest BCUT2D eigenvalue weighted by Gasteiger charge is 2.26. The molecule has 0 spiro atoms. The van der Waals surface area contributed by atoms with Gasteiger partial charge in [-0.2, -0.15) is 0 Å². The molecule has 2 aromatic rings. The number of hydrogen-bond acceptors (Lipinski definition) is 2. The van der Waals surface area contributed by atoms with Gasteiger partial charge in [0.05, 0.1) is 13.2 Å². The molecule has 25 heavy (non-hydrogen) atoms. The Bertz CT molecular complexity index is 770. The molecule has 1 aromatic heterocycles. The van der Waals surface area contributed by atoms with E-state index in [0.717, 1.165) is 24.2 Å². The number of hydrogen-bond donors (Lipinski definition) is 0. The van der Waals surface area contributed by atoms with Crippen LogP contribution in [-0.4, -0.2) is 41.7 Å². The molecule has 1 aromatic carbocycles. The van der Waals surface area contributed by atoms with Gasteiger partial charge in [-0.15, -0.1) is 0 Å². The van der Waals surface area contributed by atoms with E-state index >= 15 is 0 Å². The van der Waals surface area contributed by atoms with Crippen LogP contribution in [0.2, 0.25) is 0 Å². The summed E-state index contributed by atoms with van der Waals surface area (Å²) in [6.45, 7) is 11.8. The van der Waals surface area contributed by atoms with Crippen LogP contribution in [0.3, 0.4) is 0 Å². The summed E-state index contributed by atoms with van der Waals surface area (Å²) in [5.41, 5.74) is 6.96. The van der Waals surface area contributed by atoms with Gasteiger partial charge in [-0.25, -0.2) is 0 Å². The molecule has 1 amide bonds. The maximum Gasteiger partial charge on any atom is 0.270 e. The van der Waals surface area contributed by atoms with Crippen LogP contribution in [0, 0.1) is 20.8 Å². The van der Waals surface area contributed by atoms with Crippen molar-refractivity contribution in [3.05, 3.63) is 57.9 Å². The second-order valence-corrected chi connectivity index (χ2v) is 6.87. The number of aromatic nitrogens is 1. The lowest BCUT2D eigenvalue weighted by molar-refractivity contribution is 0.0295. The SMILES string of the molecule is CCc1c(C)c(C(=O)N2CCOCC2)n(Cc2cccc(C)c2)c1C. The van der Waals surface area contributed by atoms with Crippen LogP contribution in [0.5, 0.6) is 0 Å². The number of ether oxygens (including phenoxy) is 1. The fourth-order valence-electron chi connectivity index (χ4n) is 3.85. The average molecular weight is 340 g/mol. The van der Waals surface area contributed by atoms with E-state index in [9.17, 15) is 4.79 Å². The molecule has 3 rings (SSSR count). The summed E-state index contributed by atoms with van der Waals surface area (Å²) in [4.78, 5) is 15.2. The first-order valence-corrected chi connectivity index (χ1v) is 9.14. The number of nitrogens with zero attached hydrogens (tertiary/aromatic N) is 2. The fourth-order valence-corrected chi connectivity index (χ4v) is 3.85. The second kappa shape index (κ2) is 7.44. The van der Waals surface area contributed by atoms with Crippen LogP contribution >= 0.6 is 0 Å². The van der Waals surface area contributed by atoms with E-state index in [2.05, 4.69) is 56.5 Å². The molecule has 4 nitrogen and oxygen atoms in total. The molecule has 1 aliphatic heterocycles. The van der Waals surface area contributed by atoms with Gasteiger partial charge in [-0.05, 0) is 43.9 Å². The van der Waals surface area contributed by atoms with Crippen LogP contribution in [0.4, 0.5) is 0 Å². The third-order valence-electron chi connectivity index (χ3n) is 5.20. The molecule has 0 radical (unpaired) electrons. The lowest BCUT2D eigenvalue weighted by Gasteiger charge is -2.27. The van der Waals surface area contributed by atoms with E-state index < -0.39 is 0 Å². The third-order valence-corrected chi connectivity index (χ3v) is 5.20. The zero-order valence-electron chi connectivity index (χ0n) is 15.8. The molecule has 0 N–H and O–H groups in total. The van der Waals surface area contributed by atoms with Crippen LogP contribution in [0.1, 0.15) is 45.4 Å². The lowest BCUT2D eigenvalue weighted by atomic mass is 10.1.